The first-order valence-corrected chi connectivity index (χ1v) is 9.75. The largest absolute Gasteiger partial charge is 0.484 e. The van der Waals surface area contributed by atoms with Gasteiger partial charge in [0.2, 0.25) is 0 Å². The van der Waals surface area contributed by atoms with Gasteiger partial charge in [0.05, 0.1) is 5.02 Å². The number of hydrogen-bond acceptors (Lipinski definition) is 5. The highest BCUT2D eigenvalue weighted by atomic mass is 127. The van der Waals surface area contributed by atoms with Crippen molar-refractivity contribution in [3.8, 4) is 5.75 Å². The number of nitrogens with zero attached hydrogens (tertiary/aromatic N) is 3. The van der Waals surface area contributed by atoms with E-state index >= 15 is 0 Å². The summed E-state index contributed by atoms with van der Waals surface area (Å²) in [5.74, 6) is 1.63. The van der Waals surface area contributed by atoms with E-state index in [1.54, 1.807) is 19.3 Å². The predicted octanol–water partition coefficient (Wildman–Crippen LogP) is 2.16. The quantitative estimate of drug-likeness (QED) is 0.280. The Hall–Kier alpha value is -2.27. The van der Waals surface area contributed by atoms with Gasteiger partial charge in [-0.3, -0.25) is 9.79 Å². The van der Waals surface area contributed by atoms with E-state index in [4.69, 9.17) is 22.1 Å². The Labute approximate surface area is 198 Å². The molecule has 1 saturated heterocycles. The Bertz CT molecular complexity index is 882. The Morgan fingerprint density at radius 3 is 2.97 bits per heavy atom. The van der Waals surface area contributed by atoms with Crippen molar-refractivity contribution in [3.05, 3.63) is 53.2 Å². The van der Waals surface area contributed by atoms with Crippen molar-refractivity contribution < 1.29 is 9.53 Å². The van der Waals surface area contributed by atoms with Gasteiger partial charge in [0.25, 0.3) is 5.91 Å². The molecule has 3 rings (SSSR count). The smallest absolute Gasteiger partial charge is 0.255 e. The molecule has 1 aliphatic rings. The Morgan fingerprint density at radius 2 is 2.23 bits per heavy atom. The zero-order valence-electron chi connectivity index (χ0n) is 16.7. The highest BCUT2D eigenvalue weighted by Gasteiger charge is 2.25. The number of ether oxygens (including phenoxy) is 1. The van der Waals surface area contributed by atoms with Gasteiger partial charge in [-0.05, 0) is 36.2 Å². The number of anilines is 1. The summed E-state index contributed by atoms with van der Waals surface area (Å²) in [6.45, 7) is 2.10. The minimum absolute atomic E-state index is 0. The van der Waals surface area contributed by atoms with Crippen LogP contribution in [0.4, 0.5) is 5.82 Å². The summed E-state index contributed by atoms with van der Waals surface area (Å²) >= 11 is 6.26. The third-order valence-corrected chi connectivity index (χ3v) is 4.83. The van der Waals surface area contributed by atoms with Crippen LogP contribution in [0.2, 0.25) is 5.02 Å². The van der Waals surface area contributed by atoms with Gasteiger partial charge in [-0.2, -0.15) is 0 Å². The average Bonchev–Trinajstić information content (AvgIpc) is 3.18. The van der Waals surface area contributed by atoms with E-state index < -0.39 is 5.91 Å². The summed E-state index contributed by atoms with van der Waals surface area (Å²) in [7, 11) is 1.74. The molecule has 1 amide bonds. The summed E-state index contributed by atoms with van der Waals surface area (Å²) < 4.78 is 5.34. The van der Waals surface area contributed by atoms with Crippen molar-refractivity contribution >= 4 is 53.3 Å². The Kier molecular flexibility index (Phi) is 9.44. The van der Waals surface area contributed by atoms with E-state index in [1.165, 1.54) is 0 Å². The Morgan fingerprint density at radius 1 is 1.40 bits per heavy atom. The molecular weight excluding hydrogens is 519 g/mol. The van der Waals surface area contributed by atoms with Crippen molar-refractivity contribution in [1.29, 1.82) is 0 Å². The summed E-state index contributed by atoms with van der Waals surface area (Å²) in [4.78, 5) is 21.7. The maximum Gasteiger partial charge on any atom is 0.255 e. The lowest BCUT2D eigenvalue weighted by molar-refractivity contribution is -0.119. The molecule has 0 spiro atoms. The molecule has 0 bridgehead atoms. The highest BCUT2D eigenvalue weighted by molar-refractivity contribution is 14.0. The molecule has 30 heavy (non-hydrogen) atoms. The normalized spacial score (nSPS) is 16.0. The van der Waals surface area contributed by atoms with Crippen molar-refractivity contribution in [2.75, 3.05) is 31.6 Å². The first-order valence-electron chi connectivity index (χ1n) is 9.38. The molecule has 1 aromatic heterocycles. The van der Waals surface area contributed by atoms with Crippen LogP contribution >= 0.6 is 35.6 Å². The van der Waals surface area contributed by atoms with Gasteiger partial charge in [-0.15, -0.1) is 24.0 Å². The number of amides is 1. The van der Waals surface area contributed by atoms with Gasteiger partial charge in [0, 0.05) is 38.9 Å². The second-order valence-electron chi connectivity index (χ2n) is 6.71. The minimum Gasteiger partial charge on any atom is -0.484 e. The zero-order valence-corrected chi connectivity index (χ0v) is 19.8. The van der Waals surface area contributed by atoms with E-state index in [9.17, 15) is 4.79 Å². The molecule has 0 radical (unpaired) electrons. The first kappa shape index (κ1) is 24.0. The lowest BCUT2D eigenvalue weighted by atomic mass is 10.2. The molecule has 1 aromatic carbocycles. The van der Waals surface area contributed by atoms with Crippen LogP contribution in [0, 0.1) is 0 Å². The lowest BCUT2D eigenvalue weighted by Crippen LogP contribution is -2.44. The summed E-state index contributed by atoms with van der Waals surface area (Å²) in [5, 5.41) is 7.41. The number of halogens is 2. The van der Waals surface area contributed by atoms with Crippen LogP contribution in [0.1, 0.15) is 12.0 Å². The molecular formula is C20H26ClIN6O2. The van der Waals surface area contributed by atoms with E-state index in [-0.39, 0.29) is 36.6 Å². The summed E-state index contributed by atoms with van der Waals surface area (Å²) in [5.41, 5.74) is 6.12. The molecule has 1 atom stereocenters. The number of hydrogen-bond donors (Lipinski definition) is 3. The summed E-state index contributed by atoms with van der Waals surface area (Å²) in [6.07, 6.45) is 2.72. The van der Waals surface area contributed by atoms with Crippen LogP contribution in [0.3, 0.4) is 0 Å². The van der Waals surface area contributed by atoms with Gasteiger partial charge >= 0.3 is 0 Å². The fraction of sp³-hybridized carbons (Fsp3) is 0.350. The van der Waals surface area contributed by atoms with Crippen LogP contribution < -0.4 is 26.0 Å². The number of rotatable bonds is 7. The monoisotopic (exact) mass is 544 g/mol. The van der Waals surface area contributed by atoms with Gasteiger partial charge < -0.3 is 26.0 Å². The predicted molar refractivity (Wildman–Crippen MR) is 130 cm³/mol. The van der Waals surface area contributed by atoms with Crippen LogP contribution in [0.15, 0.2) is 47.6 Å². The average molecular weight is 545 g/mol. The molecule has 2 heterocycles. The number of guanidine groups is 1. The van der Waals surface area contributed by atoms with Crippen molar-refractivity contribution in [3.63, 3.8) is 0 Å². The highest BCUT2D eigenvalue weighted by Crippen LogP contribution is 2.25. The van der Waals surface area contributed by atoms with Crippen LogP contribution in [0.25, 0.3) is 0 Å². The standard InChI is InChI=1S/C20H25ClN6O2.HI/c1-23-20(25-11-14-4-2-5-16(10-14)29-13-18(22)28)26-15-7-9-27(12-15)19-17(21)6-3-8-24-19;/h2-6,8,10,15H,7,9,11-13H2,1H3,(H2,22,28)(H2,23,25,26);1H. The molecule has 1 unspecified atom stereocenters. The number of aromatic nitrogens is 1. The van der Waals surface area contributed by atoms with Crippen molar-refractivity contribution in [2.45, 2.75) is 19.0 Å². The molecule has 1 aliphatic heterocycles. The third kappa shape index (κ3) is 6.91. The number of carbonyl (C=O) groups is 1. The molecule has 162 valence electrons. The van der Waals surface area contributed by atoms with Gasteiger partial charge in [-0.25, -0.2) is 4.98 Å². The second-order valence-corrected chi connectivity index (χ2v) is 7.12. The topological polar surface area (TPSA) is 105 Å². The lowest BCUT2D eigenvalue weighted by Gasteiger charge is -2.20. The number of carbonyl (C=O) groups excluding carboxylic acids is 1. The fourth-order valence-electron chi connectivity index (χ4n) is 3.15. The maximum absolute atomic E-state index is 10.9. The second kappa shape index (κ2) is 11.8. The number of nitrogens with one attached hydrogen (secondary N) is 2. The SMILES string of the molecule is CN=C(NCc1cccc(OCC(N)=O)c1)NC1CCN(c2ncccc2Cl)C1.I. The van der Waals surface area contributed by atoms with E-state index in [0.717, 1.165) is 30.9 Å². The number of nitrogens with two attached hydrogens (primary N) is 1. The van der Waals surface area contributed by atoms with E-state index in [2.05, 4.69) is 25.5 Å². The fourth-order valence-corrected chi connectivity index (χ4v) is 3.40. The minimum atomic E-state index is -0.504. The van der Waals surface area contributed by atoms with Crippen molar-refractivity contribution in [2.24, 2.45) is 10.7 Å². The van der Waals surface area contributed by atoms with Gasteiger partial charge in [-0.1, -0.05) is 23.7 Å². The number of benzene rings is 1. The van der Waals surface area contributed by atoms with Crippen molar-refractivity contribution in [1.82, 2.24) is 15.6 Å². The van der Waals surface area contributed by atoms with Gasteiger partial charge in [0.1, 0.15) is 11.6 Å². The number of aliphatic imine (C=N–C) groups is 1. The number of pyridine rings is 1. The molecule has 4 N–H and O–H groups in total. The Balaban J connectivity index is 0.00000320. The summed E-state index contributed by atoms with van der Waals surface area (Å²) in [6, 6.07) is 11.4. The van der Waals surface area contributed by atoms with E-state index in [0.29, 0.717) is 23.3 Å². The molecule has 0 saturated carbocycles. The molecule has 0 aliphatic carbocycles. The molecule has 8 nitrogen and oxygen atoms in total. The maximum atomic E-state index is 10.9. The van der Waals surface area contributed by atoms with Gasteiger partial charge in [0.15, 0.2) is 12.6 Å². The molecule has 10 heteroatoms. The first-order chi connectivity index (χ1) is 14.0. The molecule has 1 fully saturated rings. The third-order valence-electron chi connectivity index (χ3n) is 4.53. The van der Waals surface area contributed by atoms with Crippen LogP contribution in [-0.2, 0) is 11.3 Å². The number of primary amides is 1. The molecule has 2 aromatic rings. The zero-order chi connectivity index (χ0) is 20.6. The van der Waals surface area contributed by atoms with E-state index in [1.807, 2.05) is 30.3 Å². The van der Waals surface area contributed by atoms with Crippen LogP contribution in [0.5, 0.6) is 5.75 Å². The van der Waals surface area contributed by atoms with Crippen LogP contribution in [-0.4, -0.2) is 49.6 Å².